The van der Waals surface area contributed by atoms with Crippen LogP contribution >= 0.6 is 0 Å². The van der Waals surface area contributed by atoms with E-state index >= 15 is 0 Å². The lowest BCUT2D eigenvalue weighted by atomic mass is 9.86. The first-order chi connectivity index (χ1) is 9.51. The van der Waals surface area contributed by atoms with E-state index in [9.17, 15) is 18.4 Å². The number of ether oxygens (including phenoxy) is 2. The third-order valence-corrected chi connectivity index (χ3v) is 3.23. The van der Waals surface area contributed by atoms with Gasteiger partial charge in [-0.15, -0.1) is 0 Å². The van der Waals surface area contributed by atoms with E-state index in [0.717, 1.165) is 6.08 Å². The van der Waals surface area contributed by atoms with E-state index in [2.05, 4.69) is 5.32 Å². The Labute approximate surface area is 114 Å². The summed E-state index contributed by atoms with van der Waals surface area (Å²) in [6.45, 7) is 1.74. The minimum atomic E-state index is -1.98. The molecule has 0 aromatic carbocycles. The molecule has 7 heteroatoms. The van der Waals surface area contributed by atoms with E-state index in [0.29, 0.717) is 0 Å². The fourth-order valence-corrected chi connectivity index (χ4v) is 2.26. The summed E-state index contributed by atoms with van der Waals surface area (Å²) in [6, 6.07) is 0. The Balaban J connectivity index is 2.33. The van der Waals surface area contributed by atoms with Gasteiger partial charge >= 0.3 is 5.97 Å². The van der Waals surface area contributed by atoms with Gasteiger partial charge in [0.15, 0.2) is 23.9 Å². The molecule has 0 saturated carbocycles. The molecule has 0 amide bonds. The second kappa shape index (κ2) is 5.60. The summed E-state index contributed by atoms with van der Waals surface area (Å²) in [5.74, 6) is -2.57. The van der Waals surface area contributed by atoms with Crippen LogP contribution in [0.1, 0.15) is 6.92 Å². The number of methoxy groups -OCH3 is 1. The van der Waals surface area contributed by atoms with Crippen molar-refractivity contribution in [3.05, 3.63) is 23.1 Å². The summed E-state index contributed by atoms with van der Waals surface area (Å²) in [4.78, 5) is 23.9. The minimum Gasteiger partial charge on any atom is -0.496 e. The molecule has 1 fully saturated rings. The number of hydrogen-bond acceptors (Lipinski definition) is 5. The van der Waals surface area contributed by atoms with E-state index in [1.165, 1.54) is 7.11 Å². The SMILES string of the molecule is CCOC(=O)C1CNC2=C(OC)C(F)C(F)C=C2C1=O. The summed E-state index contributed by atoms with van der Waals surface area (Å²) in [6.07, 6.45) is -3.06. The Morgan fingerprint density at radius 2 is 2.20 bits per heavy atom. The van der Waals surface area contributed by atoms with Crippen molar-refractivity contribution >= 4 is 11.8 Å². The molecule has 0 spiro atoms. The Bertz CT molecular complexity index is 501. The molecule has 1 aliphatic carbocycles. The first-order valence-electron chi connectivity index (χ1n) is 6.24. The number of nitrogens with one attached hydrogen (secondary N) is 1. The van der Waals surface area contributed by atoms with Crippen LogP contribution in [0.3, 0.4) is 0 Å². The van der Waals surface area contributed by atoms with Crippen molar-refractivity contribution in [2.24, 2.45) is 5.92 Å². The Morgan fingerprint density at radius 3 is 2.80 bits per heavy atom. The van der Waals surface area contributed by atoms with E-state index in [4.69, 9.17) is 9.47 Å². The number of esters is 1. The molecular weight excluding hydrogens is 272 g/mol. The van der Waals surface area contributed by atoms with Crippen molar-refractivity contribution in [2.45, 2.75) is 19.3 Å². The standard InChI is InChI=1S/C13H15F2NO4/c1-3-20-13(18)7-5-16-10-6(11(7)17)4-8(14)9(15)12(10)19-2/h4,7-9,16H,3,5H2,1-2H3. The van der Waals surface area contributed by atoms with E-state index in [-0.39, 0.29) is 30.2 Å². The average Bonchev–Trinajstić information content (AvgIpc) is 2.42. The van der Waals surface area contributed by atoms with Gasteiger partial charge in [-0.05, 0) is 13.0 Å². The van der Waals surface area contributed by atoms with Gasteiger partial charge in [0.1, 0.15) is 5.92 Å². The summed E-state index contributed by atoms with van der Waals surface area (Å²) in [5, 5.41) is 2.75. The molecule has 0 radical (unpaired) electrons. The predicted octanol–water partition coefficient (Wildman–Crippen LogP) is 0.812. The van der Waals surface area contributed by atoms with Gasteiger partial charge in [-0.2, -0.15) is 0 Å². The number of alkyl halides is 2. The fourth-order valence-electron chi connectivity index (χ4n) is 2.26. The lowest BCUT2D eigenvalue weighted by Crippen LogP contribution is -2.45. The number of hydrogen-bond donors (Lipinski definition) is 1. The smallest absolute Gasteiger partial charge is 0.318 e. The summed E-state index contributed by atoms with van der Waals surface area (Å²) >= 11 is 0. The number of carbonyl (C=O) groups excluding carboxylic acids is 2. The number of piperidine rings is 1. The molecule has 1 heterocycles. The highest BCUT2D eigenvalue weighted by Crippen LogP contribution is 2.33. The quantitative estimate of drug-likeness (QED) is 0.615. The van der Waals surface area contributed by atoms with Crippen molar-refractivity contribution in [3.8, 4) is 0 Å². The van der Waals surface area contributed by atoms with Crippen LogP contribution in [0, 0.1) is 5.92 Å². The van der Waals surface area contributed by atoms with Crippen LogP contribution in [0.5, 0.6) is 0 Å². The minimum absolute atomic E-state index is 0.0269. The van der Waals surface area contributed by atoms with E-state index in [1.54, 1.807) is 6.92 Å². The van der Waals surface area contributed by atoms with E-state index in [1.807, 2.05) is 0 Å². The van der Waals surface area contributed by atoms with Crippen molar-refractivity contribution in [1.82, 2.24) is 5.32 Å². The molecule has 20 heavy (non-hydrogen) atoms. The van der Waals surface area contributed by atoms with Gasteiger partial charge in [0, 0.05) is 12.1 Å². The van der Waals surface area contributed by atoms with Gasteiger partial charge < -0.3 is 14.8 Å². The lowest BCUT2D eigenvalue weighted by molar-refractivity contribution is -0.150. The molecule has 1 aliphatic heterocycles. The number of fused-ring (bicyclic) bond motifs is 1. The van der Waals surface area contributed by atoms with Crippen LogP contribution in [-0.2, 0) is 19.1 Å². The van der Waals surface area contributed by atoms with Crippen molar-refractivity contribution in [3.63, 3.8) is 0 Å². The Hall–Kier alpha value is -1.92. The first kappa shape index (κ1) is 14.5. The maximum Gasteiger partial charge on any atom is 0.318 e. The van der Waals surface area contributed by atoms with Crippen molar-refractivity contribution in [1.29, 1.82) is 0 Å². The predicted molar refractivity (Wildman–Crippen MR) is 65.0 cm³/mol. The van der Waals surface area contributed by atoms with Crippen molar-refractivity contribution < 1.29 is 27.8 Å². The van der Waals surface area contributed by atoms with Crippen LogP contribution in [0.2, 0.25) is 0 Å². The third-order valence-electron chi connectivity index (χ3n) is 3.23. The molecule has 2 rings (SSSR count). The molecule has 1 saturated heterocycles. The number of Topliss-reactive ketones (excluding diaryl/α,β-unsaturated/α-hetero) is 1. The molecule has 0 bridgehead atoms. The largest absolute Gasteiger partial charge is 0.496 e. The number of halogens is 2. The highest BCUT2D eigenvalue weighted by molar-refractivity contribution is 6.12. The highest BCUT2D eigenvalue weighted by atomic mass is 19.2. The molecule has 1 N–H and O–H groups in total. The number of ketones is 1. The van der Waals surface area contributed by atoms with Crippen molar-refractivity contribution in [2.75, 3.05) is 20.3 Å². The lowest BCUT2D eigenvalue weighted by Gasteiger charge is -2.31. The zero-order valence-electron chi connectivity index (χ0n) is 11.1. The zero-order chi connectivity index (χ0) is 14.9. The molecule has 0 aromatic heterocycles. The Morgan fingerprint density at radius 1 is 1.50 bits per heavy atom. The Kier molecular flexibility index (Phi) is 4.06. The molecular formula is C13H15F2NO4. The van der Waals surface area contributed by atoms with Gasteiger partial charge in [0.2, 0.25) is 0 Å². The number of allylic oxidation sites excluding steroid dienone is 3. The molecule has 0 aromatic rings. The zero-order valence-corrected chi connectivity index (χ0v) is 11.1. The van der Waals surface area contributed by atoms with Crippen LogP contribution in [-0.4, -0.2) is 44.4 Å². The first-order valence-corrected chi connectivity index (χ1v) is 6.24. The number of rotatable bonds is 3. The van der Waals surface area contributed by atoms with Gasteiger partial charge in [-0.1, -0.05) is 0 Å². The van der Waals surface area contributed by atoms with Gasteiger partial charge in [-0.3, -0.25) is 9.59 Å². The summed E-state index contributed by atoms with van der Waals surface area (Å²) < 4.78 is 36.9. The molecule has 2 aliphatic rings. The van der Waals surface area contributed by atoms with Crippen LogP contribution in [0.15, 0.2) is 23.1 Å². The normalized spacial score (nSPS) is 29.3. The van der Waals surface area contributed by atoms with Gasteiger partial charge in [-0.25, -0.2) is 8.78 Å². The summed E-state index contributed by atoms with van der Waals surface area (Å²) in [5.41, 5.74) is 0.0481. The van der Waals surface area contributed by atoms with E-state index < -0.39 is 30.0 Å². The average molecular weight is 287 g/mol. The van der Waals surface area contributed by atoms with Crippen LogP contribution < -0.4 is 5.32 Å². The third kappa shape index (κ3) is 2.28. The molecule has 110 valence electrons. The van der Waals surface area contributed by atoms with Crippen LogP contribution in [0.4, 0.5) is 8.78 Å². The molecule has 3 unspecified atom stereocenters. The van der Waals surface area contributed by atoms with Gasteiger partial charge in [0.25, 0.3) is 0 Å². The highest BCUT2D eigenvalue weighted by Gasteiger charge is 2.43. The molecule has 5 nitrogen and oxygen atoms in total. The topological polar surface area (TPSA) is 64.6 Å². The van der Waals surface area contributed by atoms with Gasteiger partial charge in [0.05, 0.1) is 19.4 Å². The van der Waals surface area contributed by atoms with Crippen LogP contribution in [0.25, 0.3) is 0 Å². The maximum atomic E-state index is 13.7. The second-order valence-corrected chi connectivity index (χ2v) is 4.42. The fraction of sp³-hybridized carbons (Fsp3) is 0.538. The summed E-state index contributed by atoms with van der Waals surface area (Å²) in [7, 11) is 1.20. The number of carbonyl (C=O) groups is 2. The maximum absolute atomic E-state index is 13.7. The second-order valence-electron chi connectivity index (χ2n) is 4.42. The molecule has 3 atom stereocenters. The monoisotopic (exact) mass is 287 g/mol.